The van der Waals surface area contributed by atoms with Gasteiger partial charge in [-0.3, -0.25) is 9.80 Å². The van der Waals surface area contributed by atoms with Crippen LogP contribution < -0.4 is 4.74 Å². The first kappa shape index (κ1) is 24.4. The van der Waals surface area contributed by atoms with Gasteiger partial charge in [0.2, 0.25) is 0 Å². The highest BCUT2D eigenvalue weighted by molar-refractivity contribution is 5.85. The molecule has 0 aliphatic carbocycles. The van der Waals surface area contributed by atoms with Crippen LogP contribution in [0.25, 0.3) is 0 Å². The molecule has 1 saturated heterocycles. The summed E-state index contributed by atoms with van der Waals surface area (Å²) >= 11 is 0. The zero-order valence-electron chi connectivity index (χ0n) is 15.1. The quantitative estimate of drug-likeness (QED) is 0.705. The largest absolute Gasteiger partial charge is 0.491 e. The van der Waals surface area contributed by atoms with Crippen LogP contribution >= 0.6 is 24.8 Å². The first-order chi connectivity index (χ1) is 11.1. The fourth-order valence-electron chi connectivity index (χ4n) is 2.83. The minimum atomic E-state index is -0.482. The van der Waals surface area contributed by atoms with Crippen molar-refractivity contribution < 1.29 is 14.9 Å². The topological polar surface area (TPSA) is 56.2 Å². The zero-order valence-corrected chi connectivity index (χ0v) is 16.8. The molecular formula is C18H32Cl2N2O3. The second-order valence-electron chi connectivity index (χ2n) is 6.55. The summed E-state index contributed by atoms with van der Waals surface area (Å²) in [6.07, 6.45) is -0.482. The lowest BCUT2D eigenvalue weighted by Gasteiger charge is -2.35. The Balaban J connectivity index is 0.00000288. The summed E-state index contributed by atoms with van der Waals surface area (Å²) in [4.78, 5) is 4.50. The number of hydrogen-bond donors (Lipinski definition) is 2. The van der Waals surface area contributed by atoms with E-state index in [2.05, 4.69) is 35.8 Å². The number of benzene rings is 1. The zero-order chi connectivity index (χ0) is 16.7. The summed E-state index contributed by atoms with van der Waals surface area (Å²) < 4.78 is 5.68. The van der Waals surface area contributed by atoms with Crippen LogP contribution in [0, 0.1) is 0 Å². The number of rotatable bonds is 8. The Bertz CT molecular complexity index is 452. The van der Waals surface area contributed by atoms with Gasteiger partial charge < -0.3 is 14.9 Å². The molecule has 1 fully saturated rings. The fourth-order valence-corrected chi connectivity index (χ4v) is 2.83. The number of hydrogen-bond acceptors (Lipinski definition) is 5. The normalized spacial score (nSPS) is 16.8. The molecule has 1 aromatic carbocycles. The maximum atomic E-state index is 10.2. The standard InChI is InChI=1S/C18H30N2O3.2ClH/c1-15(2)16-3-5-18(6-4-16)23-14-17(22)13-20-9-7-19(8-10-20)11-12-21;;/h3-6,15,17,21-22H,7-14H2,1-2H3;2*1H. The molecule has 2 N–H and O–H groups in total. The lowest BCUT2D eigenvalue weighted by molar-refractivity contribution is 0.0428. The van der Waals surface area contributed by atoms with Crippen molar-refractivity contribution in [2.45, 2.75) is 25.9 Å². The highest BCUT2D eigenvalue weighted by Crippen LogP contribution is 2.18. The Morgan fingerprint density at radius 2 is 1.56 bits per heavy atom. The van der Waals surface area contributed by atoms with Crippen LogP contribution in [0.3, 0.4) is 0 Å². The minimum absolute atomic E-state index is 0. The van der Waals surface area contributed by atoms with Gasteiger partial charge >= 0.3 is 0 Å². The number of halogens is 2. The third kappa shape index (κ3) is 8.58. The Labute approximate surface area is 163 Å². The van der Waals surface area contributed by atoms with Gasteiger partial charge in [-0.25, -0.2) is 0 Å². The maximum absolute atomic E-state index is 10.2. The van der Waals surface area contributed by atoms with Gasteiger partial charge in [-0.2, -0.15) is 0 Å². The molecule has 1 unspecified atom stereocenters. The Kier molecular flexibility index (Phi) is 12.5. The predicted molar refractivity (Wildman–Crippen MR) is 106 cm³/mol. The minimum Gasteiger partial charge on any atom is -0.491 e. The van der Waals surface area contributed by atoms with Crippen molar-refractivity contribution in [1.82, 2.24) is 9.80 Å². The van der Waals surface area contributed by atoms with Crippen molar-refractivity contribution in [3.8, 4) is 5.75 Å². The van der Waals surface area contributed by atoms with E-state index in [9.17, 15) is 5.11 Å². The highest BCUT2D eigenvalue weighted by atomic mass is 35.5. The van der Waals surface area contributed by atoms with Gasteiger partial charge in [-0.05, 0) is 23.6 Å². The predicted octanol–water partition coefficient (Wildman–Crippen LogP) is 2.00. The second-order valence-corrected chi connectivity index (χ2v) is 6.55. The SMILES string of the molecule is CC(C)c1ccc(OCC(O)CN2CCN(CCO)CC2)cc1.Cl.Cl. The molecule has 1 aliphatic rings. The molecule has 0 saturated carbocycles. The van der Waals surface area contributed by atoms with Gasteiger partial charge in [0.05, 0.1) is 6.61 Å². The fraction of sp³-hybridized carbons (Fsp3) is 0.667. The second kappa shape index (κ2) is 12.7. The van der Waals surface area contributed by atoms with E-state index in [1.807, 2.05) is 12.1 Å². The smallest absolute Gasteiger partial charge is 0.119 e. The molecule has 0 radical (unpaired) electrons. The summed E-state index contributed by atoms with van der Waals surface area (Å²) in [5.41, 5.74) is 1.29. The first-order valence-electron chi connectivity index (χ1n) is 8.55. The Morgan fingerprint density at radius 3 is 2.08 bits per heavy atom. The molecule has 1 atom stereocenters. The maximum Gasteiger partial charge on any atom is 0.119 e. The van der Waals surface area contributed by atoms with Crippen molar-refractivity contribution in [2.75, 3.05) is 52.5 Å². The molecule has 1 aliphatic heterocycles. The van der Waals surface area contributed by atoms with E-state index in [0.717, 1.165) is 38.5 Å². The molecular weight excluding hydrogens is 363 g/mol. The summed E-state index contributed by atoms with van der Waals surface area (Å²) in [6.45, 7) is 10.0. The van der Waals surface area contributed by atoms with Gasteiger partial charge in [-0.1, -0.05) is 26.0 Å². The molecule has 146 valence electrons. The number of β-amino-alcohol motifs (C(OH)–C–C–N with tert-alkyl or cyclic N) is 2. The van der Waals surface area contributed by atoms with E-state index in [0.29, 0.717) is 19.1 Å². The lowest BCUT2D eigenvalue weighted by Crippen LogP contribution is -2.49. The summed E-state index contributed by atoms with van der Waals surface area (Å²) in [5.74, 6) is 1.32. The van der Waals surface area contributed by atoms with Crippen molar-refractivity contribution >= 4 is 24.8 Å². The van der Waals surface area contributed by atoms with Crippen molar-refractivity contribution in [3.63, 3.8) is 0 Å². The molecule has 0 bridgehead atoms. The van der Waals surface area contributed by atoms with E-state index in [1.54, 1.807) is 0 Å². The van der Waals surface area contributed by atoms with Gasteiger partial charge in [0.25, 0.3) is 0 Å². The van der Waals surface area contributed by atoms with Crippen molar-refractivity contribution in [3.05, 3.63) is 29.8 Å². The highest BCUT2D eigenvalue weighted by Gasteiger charge is 2.19. The number of nitrogens with zero attached hydrogens (tertiary/aromatic N) is 2. The molecule has 1 aromatic rings. The van der Waals surface area contributed by atoms with E-state index in [1.165, 1.54) is 5.56 Å². The summed E-state index contributed by atoms with van der Waals surface area (Å²) in [5, 5.41) is 19.1. The Hall–Kier alpha value is -0.560. The number of piperazine rings is 1. The van der Waals surface area contributed by atoms with Gasteiger partial charge in [0.15, 0.2) is 0 Å². The van der Waals surface area contributed by atoms with E-state index in [-0.39, 0.29) is 31.4 Å². The third-order valence-corrected chi connectivity index (χ3v) is 4.34. The molecule has 2 rings (SSSR count). The van der Waals surface area contributed by atoms with Crippen molar-refractivity contribution in [2.24, 2.45) is 0 Å². The van der Waals surface area contributed by atoms with Crippen LogP contribution in [-0.2, 0) is 0 Å². The molecule has 0 amide bonds. The monoisotopic (exact) mass is 394 g/mol. The van der Waals surface area contributed by atoms with Crippen LogP contribution in [0.2, 0.25) is 0 Å². The van der Waals surface area contributed by atoms with Gasteiger partial charge in [0, 0.05) is 39.3 Å². The number of aliphatic hydroxyl groups is 2. The van der Waals surface area contributed by atoms with E-state index in [4.69, 9.17) is 9.84 Å². The van der Waals surface area contributed by atoms with Crippen LogP contribution in [0.4, 0.5) is 0 Å². The third-order valence-electron chi connectivity index (χ3n) is 4.34. The van der Waals surface area contributed by atoms with Crippen LogP contribution in [-0.4, -0.2) is 78.6 Å². The van der Waals surface area contributed by atoms with E-state index >= 15 is 0 Å². The van der Waals surface area contributed by atoms with E-state index < -0.39 is 6.10 Å². The van der Waals surface area contributed by atoms with Crippen LogP contribution in [0.5, 0.6) is 5.75 Å². The number of ether oxygens (including phenoxy) is 1. The summed E-state index contributed by atoms with van der Waals surface area (Å²) in [6, 6.07) is 8.09. The van der Waals surface area contributed by atoms with Crippen LogP contribution in [0.1, 0.15) is 25.3 Å². The first-order valence-corrected chi connectivity index (χ1v) is 8.55. The van der Waals surface area contributed by atoms with Gasteiger partial charge in [0.1, 0.15) is 18.5 Å². The molecule has 0 aromatic heterocycles. The molecule has 7 heteroatoms. The Morgan fingerprint density at radius 1 is 1.00 bits per heavy atom. The van der Waals surface area contributed by atoms with Crippen molar-refractivity contribution in [1.29, 1.82) is 0 Å². The molecule has 25 heavy (non-hydrogen) atoms. The van der Waals surface area contributed by atoms with Gasteiger partial charge in [-0.15, -0.1) is 24.8 Å². The molecule has 5 nitrogen and oxygen atoms in total. The molecule has 0 spiro atoms. The molecule has 1 heterocycles. The average Bonchev–Trinajstić information content (AvgIpc) is 2.55. The average molecular weight is 395 g/mol. The summed E-state index contributed by atoms with van der Waals surface area (Å²) in [7, 11) is 0. The number of aliphatic hydroxyl groups excluding tert-OH is 2. The lowest BCUT2D eigenvalue weighted by atomic mass is 10.0. The van der Waals surface area contributed by atoms with Crippen LogP contribution in [0.15, 0.2) is 24.3 Å².